The Balaban J connectivity index is 1.07. The minimum atomic E-state index is 1.19. The molecule has 3 heterocycles. The zero-order valence-electron chi connectivity index (χ0n) is 29.8. The summed E-state index contributed by atoms with van der Waals surface area (Å²) in [6.07, 6.45) is 0. The number of aromatic nitrogens is 2. The number of thiophene rings is 1. The quantitative estimate of drug-likeness (QED) is 0.172. The molecular weight excluding hydrogens is 685 g/mol. The average molecular weight is 717 g/mol. The molecule has 0 unspecified atom stereocenters. The van der Waals surface area contributed by atoms with Crippen LogP contribution in [0.15, 0.2) is 194 Å². The minimum Gasteiger partial charge on any atom is -0.309 e. The second kappa shape index (κ2) is 11.8. The van der Waals surface area contributed by atoms with Gasteiger partial charge in [-0.05, 0) is 94.4 Å². The summed E-state index contributed by atoms with van der Waals surface area (Å²) < 4.78 is 7.57. The number of hydrogen-bond donors (Lipinski definition) is 0. The SMILES string of the molecule is c1ccc(-c2cc(-n3c4ccccc4c4cc(-c5ccc6c(c5)c5ccccc5n6-c5cccc6sc7ccccc7c56)ccc43)c3ccccc3c2)cc1. The van der Waals surface area contributed by atoms with Crippen molar-refractivity contribution in [3.8, 4) is 33.6 Å². The molecule has 12 rings (SSSR count). The van der Waals surface area contributed by atoms with E-state index in [4.69, 9.17) is 0 Å². The fourth-order valence-electron chi connectivity index (χ4n) is 9.04. The Kier molecular flexibility index (Phi) is 6.54. The maximum Gasteiger partial charge on any atom is 0.0555 e. The Morgan fingerprint density at radius 2 is 0.836 bits per heavy atom. The third kappa shape index (κ3) is 4.54. The van der Waals surface area contributed by atoms with E-state index in [2.05, 4.69) is 203 Å². The highest BCUT2D eigenvalue weighted by Gasteiger charge is 2.19. The molecule has 55 heavy (non-hydrogen) atoms. The molecule has 0 N–H and O–H groups in total. The van der Waals surface area contributed by atoms with Gasteiger partial charge in [-0.2, -0.15) is 0 Å². The van der Waals surface area contributed by atoms with Crippen molar-refractivity contribution in [2.24, 2.45) is 0 Å². The normalized spacial score (nSPS) is 12.0. The lowest BCUT2D eigenvalue weighted by Crippen LogP contribution is -1.96. The van der Waals surface area contributed by atoms with E-state index in [0.717, 1.165) is 0 Å². The number of hydrogen-bond acceptors (Lipinski definition) is 1. The molecule has 3 aromatic heterocycles. The van der Waals surface area contributed by atoms with Gasteiger partial charge in [0.1, 0.15) is 0 Å². The molecule has 9 aromatic carbocycles. The number of fused-ring (bicyclic) bond motifs is 10. The summed E-state index contributed by atoms with van der Waals surface area (Å²) in [5.74, 6) is 0. The van der Waals surface area contributed by atoms with Crippen LogP contribution in [0.3, 0.4) is 0 Å². The third-order valence-corrected chi connectivity index (χ3v) is 12.6. The van der Waals surface area contributed by atoms with E-state index in [1.54, 1.807) is 0 Å². The summed E-state index contributed by atoms with van der Waals surface area (Å²) in [6, 6.07) is 71.5. The molecule has 0 amide bonds. The zero-order chi connectivity index (χ0) is 36.0. The number of rotatable bonds is 4. The summed E-state index contributed by atoms with van der Waals surface area (Å²) in [7, 11) is 0. The van der Waals surface area contributed by atoms with Gasteiger partial charge >= 0.3 is 0 Å². The van der Waals surface area contributed by atoms with Gasteiger partial charge in [0.2, 0.25) is 0 Å². The molecule has 0 bridgehead atoms. The monoisotopic (exact) mass is 716 g/mol. The summed E-state index contributed by atoms with van der Waals surface area (Å²) in [5.41, 5.74) is 12.1. The molecule has 0 spiro atoms. The lowest BCUT2D eigenvalue weighted by molar-refractivity contribution is 1.20. The van der Waals surface area contributed by atoms with Gasteiger partial charge in [-0.3, -0.25) is 0 Å². The summed E-state index contributed by atoms with van der Waals surface area (Å²) in [6.45, 7) is 0. The van der Waals surface area contributed by atoms with Crippen LogP contribution < -0.4 is 0 Å². The highest BCUT2D eigenvalue weighted by atomic mass is 32.1. The van der Waals surface area contributed by atoms with Crippen LogP contribution >= 0.6 is 11.3 Å². The summed E-state index contributed by atoms with van der Waals surface area (Å²) >= 11 is 1.87. The molecule has 0 aliphatic carbocycles. The molecule has 0 aliphatic rings. The topological polar surface area (TPSA) is 9.86 Å². The van der Waals surface area contributed by atoms with E-state index in [9.17, 15) is 0 Å². The molecule has 12 aromatic rings. The Hall–Kier alpha value is -6.94. The van der Waals surface area contributed by atoms with E-state index < -0.39 is 0 Å². The molecule has 0 aliphatic heterocycles. The third-order valence-electron chi connectivity index (χ3n) is 11.5. The van der Waals surface area contributed by atoms with E-state index in [1.165, 1.54) is 108 Å². The van der Waals surface area contributed by atoms with E-state index in [0.29, 0.717) is 0 Å². The largest absolute Gasteiger partial charge is 0.309 e. The lowest BCUT2D eigenvalue weighted by Gasteiger charge is -2.15. The van der Waals surface area contributed by atoms with Crippen LogP contribution in [0.1, 0.15) is 0 Å². The van der Waals surface area contributed by atoms with Crippen molar-refractivity contribution < 1.29 is 0 Å². The van der Waals surface area contributed by atoms with Gasteiger partial charge in [-0.1, -0.05) is 127 Å². The molecule has 256 valence electrons. The van der Waals surface area contributed by atoms with Crippen LogP contribution in [0, 0.1) is 0 Å². The fourth-order valence-corrected chi connectivity index (χ4v) is 10.2. The van der Waals surface area contributed by atoms with Crippen molar-refractivity contribution in [3.63, 3.8) is 0 Å². The lowest BCUT2D eigenvalue weighted by atomic mass is 9.99. The molecule has 0 fully saturated rings. The molecule has 3 heteroatoms. The van der Waals surface area contributed by atoms with Gasteiger partial charge in [0, 0.05) is 47.1 Å². The highest BCUT2D eigenvalue weighted by molar-refractivity contribution is 7.25. The van der Waals surface area contributed by atoms with Crippen LogP contribution in [-0.2, 0) is 0 Å². The minimum absolute atomic E-state index is 1.19. The van der Waals surface area contributed by atoms with Gasteiger partial charge < -0.3 is 9.13 Å². The van der Waals surface area contributed by atoms with Gasteiger partial charge in [-0.15, -0.1) is 11.3 Å². The smallest absolute Gasteiger partial charge is 0.0555 e. The second-order valence-corrected chi connectivity index (χ2v) is 15.6. The first-order valence-electron chi connectivity index (χ1n) is 18.8. The molecule has 0 saturated carbocycles. The molecule has 0 radical (unpaired) electrons. The Labute approximate surface area is 321 Å². The van der Waals surface area contributed by atoms with Gasteiger partial charge in [0.15, 0.2) is 0 Å². The average Bonchev–Trinajstić information content (AvgIpc) is 3.91. The maximum absolute atomic E-state index is 2.47. The Morgan fingerprint density at radius 1 is 0.291 bits per heavy atom. The molecular formula is C52H32N2S. The van der Waals surface area contributed by atoms with Crippen molar-refractivity contribution in [3.05, 3.63) is 194 Å². The zero-order valence-corrected chi connectivity index (χ0v) is 30.6. The summed E-state index contributed by atoms with van der Waals surface area (Å²) in [4.78, 5) is 0. The van der Waals surface area contributed by atoms with Gasteiger partial charge in [0.05, 0.1) is 33.4 Å². The van der Waals surface area contributed by atoms with Crippen molar-refractivity contribution in [1.29, 1.82) is 0 Å². The van der Waals surface area contributed by atoms with Crippen molar-refractivity contribution in [2.75, 3.05) is 0 Å². The van der Waals surface area contributed by atoms with Crippen LogP contribution in [0.5, 0.6) is 0 Å². The van der Waals surface area contributed by atoms with Crippen LogP contribution in [0.25, 0.3) is 108 Å². The predicted molar refractivity (Wildman–Crippen MR) is 236 cm³/mol. The first-order chi connectivity index (χ1) is 27.3. The van der Waals surface area contributed by atoms with Crippen LogP contribution in [-0.4, -0.2) is 9.13 Å². The molecule has 2 nitrogen and oxygen atoms in total. The standard InChI is InChI=1S/C52H32N2S/c1-2-13-33(14-3-1)37-29-36-15-4-5-16-38(36)49(32-37)54-45-21-10-7-18-40(45)43-31-35(26-28-47(43)54)34-25-27-46-42(30-34)39-17-6-9-20-44(39)53(46)48-22-12-24-51-52(48)41-19-8-11-23-50(41)55-51/h1-32H. The number of benzene rings is 9. The van der Waals surface area contributed by atoms with Gasteiger partial charge in [-0.25, -0.2) is 0 Å². The van der Waals surface area contributed by atoms with Crippen molar-refractivity contribution >= 4 is 85.9 Å². The Bertz CT molecular complexity index is 3490. The summed E-state index contributed by atoms with van der Waals surface area (Å²) in [5, 5.41) is 10.1. The Morgan fingerprint density at radius 3 is 1.55 bits per heavy atom. The van der Waals surface area contributed by atoms with Gasteiger partial charge in [0.25, 0.3) is 0 Å². The fraction of sp³-hybridized carbons (Fsp3) is 0. The highest BCUT2D eigenvalue weighted by Crippen LogP contribution is 2.43. The first-order valence-corrected chi connectivity index (χ1v) is 19.7. The van der Waals surface area contributed by atoms with Crippen LogP contribution in [0.2, 0.25) is 0 Å². The van der Waals surface area contributed by atoms with Crippen molar-refractivity contribution in [1.82, 2.24) is 9.13 Å². The first kappa shape index (κ1) is 30.5. The van der Waals surface area contributed by atoms with E-state index in [1.807, 2.05) is 11.3 Å². The predicted octanol–water partition coefficient (Wildman–Crippen LogP) is 14.7. The van der Waals surface area contributed by atoms with E-state index >= 15 is 0 Å². The molecule has 0 saturated heterocycles. The number of para-hydroxylation sites is 2. The molecule has 0 atom stereocenters. The second-order valence-electron chi connectivity index (χ2n) is 14.5. The maximum atomic E-state index is 2.47. The van der Waals surface area contributed by atoms with Crippen molar-refractivity contribution in [2.45, 2.75) is 0 Å². The van der Waals surface area contributed by atoms with E-state index in [-0.39, 0.29) is 0 Å². The van der Waals surface area contributed by atoms with Crippen LogP contribution in [0.4, 0.5) is 0 Å². The number of nitrogens with zero attached hydrogens (tertiary/aromatic N) is 2.